The Morgan fingerprint density at radius 1 is 0.960 bits per heavy atom. The van der Waals surface area contributed by atoms with Crippen molar-refractivity contribution in [2.45, 2.75) is 5.16 Å². The molecule has 6 nitrogen and oxygen atoms in total. The van der Waals surface area contributed by atoms with Gasteiger partial charge in [-0.05, 0) is 35.9 Å². The number of nitrogens with zero attached hydrogens (tertiary/aromatic N) is 4. The number of halogens is 1. The van der Waals surface area contributed by atoms with E-state index in [1.807, 2.05) is 42.5 Å². The number of fused-ring (bicyclic) bond motifs is 2. The third kappa shape index (κ3) is 2.56. The minimum atomic E-state index is 0.242. The second kappa shape index (κ2) is 5.79. The summed E-state index contributed by atoms with van der Waals surface area (Å²) in [6.07, 6.45) is 0. The summed E-state index contributed by atoms with van der Waals surface area (Å²) in [6, 6.07) is 13.4. The summed E-state index contributed by atoms with van der Waals surface area (Å²) in [4.78, 5) is 0. The monoisotopic (exact) mass is 370 g/mol. The Morgan fingerprint density at radius 2 is 1.76 bits per heavy atom. The number of ether oxygens (including phenoxy) is 2. The van der Waals surface area contributed by atoms with Crippen LogP contribution >= 0.6 is 23.4 Å². The van der Waals surface area contributed by atoms with Crippen LogP contribution in [0.3, 0.4) is 0 Å². The van der Waals surface area contributed by atoms with Crippen molar-refractivity contribution in [3.8, 4) is 22.9 Å². The Hall–Kier alpha value is -2.51. The zero-order valence-corrected chi connectivity index (χ0v) is 14.4. The number of hydrogen-bond acceptors (Lipinski definition) is 6. The van der Waals surface area contributed by atoms with Gasteiger partial charge in [-0.25, -0.2) is 0 Å². The van der Waals surface area contributed by atoms with Gasteiger partial charge >= 0.3 is 0 Å². The predicted octanol–water partition coefficient (Wildman–Crippen LogP) is 3.69. The highest BCUT2D eigenvalue weighted by atomic mass is 35.5. The summed E-state index contributed by atoms with van der Waals surface area (Å²) >= 11 is 7.58. The van der Waals surface area contributed by atoms with Crippen molar-refractivity contribution >= 4 is 29.1 Å². The van der Waals surface area contributed by atoms with Gasteiger partial charge in [0.25, 0.3) is 0 Å². The Kier molecular flexibility index (Phi) is 3.43. The lowest BCUT2D eigenvalue weighted by atomic mass is 10.1. The second-order valence-corrected chi connectivity index (χ2v) is 6.91. The van der Waals surface area contributed by atoms with Crippen molar-refractivity contribution in [1.82, 2.24) is 14.9 Å². The number of hydrogen-bond donors (Lipinski definition) is 0. The molecule has 0 radical (unpaired) electrons. The molecule has 124 valence electrons. The first-order valence-corrected chi connectivity index (χ1v) is 8.96. The van der Waals surface area contributed by atoms with Crippen molar-refractivity contribution in [1.29, 1.82) is 0 Å². The van der Waals surface area contributed by atoms with E-state index in [0.717, 1.165) is 33.5 Å². The molecule has 2 aliphatic heterocycles. The lowest BCUT2D eigenvalue weighted by molar-refractivity contribution is 0.174. The lowest BCUT2D eigenvalue weighted by Gasteiger charge is -2.14. The number of benzene rings is 2. The second-order valence-electron chi connectivity index (χ2n) is 5.53. The first-order chi connectivity index (χ1) is 12.3. The molecule has 0 saturated heterocycles. The summed E-state index contributed by atoms with van der Waals surface area (Å²) in [7, 11) is 0. The van der Waals surface area contributed by atoms with Crippen LogP contribution in [0.15, 0.2) is 52.7 Å². The zero-order chi connectivity index (χ0) is 16.8. The fourth-order valence-corrected chi connectivity index (χ4v) is 3.69. The molecule has 0 bridgehead atoms. The molecule has 3 aromatic rings. The fourth-order valence-electron chi connectivity index (χ4n) is 2.73. The molecule has 0 saturated carbocycles. The standard InChI is InChI=1S/C17H11ClN4O2S/c18-12-4-1-10(2-5-12)13-8-25-17-20-19-16(22(17)21-13)11-3-6-14-15(7-11)24-9-23-14/h1-7H,8-9H2. The van der Waals surface area contributed by atoms with Crippen LogP contribution in [0.1, 0.15) is 5.56 Å². The smallest absolute Gasteiger partial charge is 0.231 e. The van der Waals surface area contributed by atoms with E-state index in [1.54, 1.807) is 16.4 Å². The van der Waals surface area contributed by atoms with Crippen LogP contribution in [0.2, 0.25) is 5.02 Å². The Bertz CT molecular complexity index is 1000. The molecule has 3 heterocycles. The van der Waals surface area contributed by atoms with Crippen LogP contribution in [-0.4, -0.2) is 33.1 Å². The molecule has 0 amide bonds. The molecular weight excluding hydrogens is 360 g/mol. The molecule has 5 rings (SSSR count). The highest BCUT2D eigenvalue weighted by molar-refractivity contribution is 7.99. The van der Waals surface area contributed by atoms with Gasteiger partial charge in [-0.2, -0.15) is 9.78 Å². The number of thioether (sulfide) groups is 1. The summed E-state index contributed by atoms with van der Waals surface area (Å²) in [5, 5.41) is 14.8. The van der Waals surface area contributed by atoms with Gasteiger partial charge in [0.1, 0.15) is 0 Å². The Balaban J connectivity index is 1.58. The molecule has 0 aliphatic carbocycles. The molecule has 0 N–H and O–H groups in total. The van der Waals surface area contributed by atoms with Crippen molar-refractivity contribution in [2.75, 3.05) is 12.5 Å². The molecule has 2 aromatic carbocycles. The van der Waals surface area contributed by atoms with Crippen LogP contribution in [0.4, 0.5) is 0 Å². The molecular formula is C17H11ClN4O2S. The first kappa shape index (κ1) is 14.8. The molecule has 25 heavy (non-hydrogen) atoms. The Morgan fingerprint density at radius 3 is 2.64 bits per heavy atom. The van der Waals surface area contributed by atoms with E-state index in [0.29, 0.717) is 16.6 Å². The summed E-state index contributed by atoms with van der Waals surface area (Å²) in [5.74, 6) is 2.86. The molecule has 0 unspecified atom stereocenters. The molecule has 2 aliphatic rings. The van der Waals surface area contributed by atoms with Gasteiger partial charge in [-0.15, -0.1) is 10.2 Å². The third-order valence-electron chi connectivity index (χ3n) is 3.98. The van der Waals surface area contributed by atoms with E-state index in [-0.39, 0.29) is 6.79 Å². The quantitative estimate of drug-likeness (QED) is 0.688. The van der Waals surface area contributed by atoms with Gasteiger partial charge in [0.15, 0.2) is 17.3 Å². The maximum atomic E-state index is 5.97. The van der Waals surface area contributed by atoms with Gasteiger partial charge in [-0.3, -0.25) is 0 Å². The molecule has 0 fully saturated rings. The summed E-state index contributed by atoms with van der Waals surface area (Å²) in [6.45, 7) is 0.242. The van der Waals surface area contributed by atoms with E-state index in [9.17, 15) is 0 Å². The SMILES string of the molecule is Clc1ccc(C2=Nn3c(nnc3-c3ccc4c(c3)OCO4)SC2)cc1. The van der Waals surface area contributed by atoms with E-state index in [4.69, 9.17) is 26.2 Å². The van der Waals surface area contributed by atoms with Gasteiger partial charge < -0.3 is 9.47 Å². The average Bonchev–Trinajstić information content (AvgIpc) is 3.27. The van der Waals surface area contributed by atoms with Crippen molar-refractivity contribution in [2.24, 2.45) is 5.10 Å². The largest absolute Gasteiger partial charge is 0.454 e. The Labute approximate surface area is 152 Å². The van der Waals surface area contributed by atoms with Gasteiger partial charge in [0, 0.05) is 16.3 Å². The van der Waals surface area contributed by atoms with Crippen LogP contribution < -0.4 is 9.47 Å². The summed E-state index contributed by atoms with van der Waals surface area (Å²) in [5.41, 5.74) is 2.87. The maximum Gasteiger partial charge on any atom is 0.231 e. The minimum absolute atomic E-state index is 0.242. The maximum absolute atomic E-state index is 5.97. The average molecular weight is 371 g/mol. The zero-order valence-electron chi connectivity index (χ0n) is 12.8. The molecule has 1 aromatic heterocycles. The fraction of sp³-hybridized carbons (Fsp3) is 0.118. The van der Waals surface area contributed by atoms with E-state index in [2.05, 4.69) is 10.2 Å². The molecule has 0 atom stereocenters. The molecule has 8 heteroatoms. The highest BCUT2D eigenvalue weighted by Gasteiger charge is 2.22. The molecule has 0 spiro atoms. The minimum Gasteiger partial charge on any atom is -0.454 e. The highest BCUT2D eigenvalue weighted by Crippen LogP contribution is 2.36. The number of aromatic nitrogens is 3. The third-order valence-corrected chi connectivity index (χ3v) is 5.16. The van der Waals surface area contributed by atoms with E-state index >= 15 is 0 Å². The normalized spacial score (nSPS) is 15.0. The van der Waals surface area contributed by atoms with Crippen LogP contribution in [0.25, 0.3) is 11.4 Å². The predicted molar refractivity (Wildman–Crippen MR) is 95.7 cm³/mol. The van der Waals surface area contributed by atoms with Gasteiger partial charge in [0.05, 0.1) is 5.71 Å². The van der Waals surface area contributed by atoms with E-state index in [1.165, 1.54) is 0 Å². The van der Waals surface area contributed by atoms with Gasteiger partial charge in [0.2, 0.25) is 11.9 Å². The van der Waals surface area contributed by atoms with Crippen LogP contribution in [0, 0.1) is 0 Å². The van der Waals surface area contributed by atoms with Gasteiger partial charge in [-0.1, -0.05) is 35.5 Å². The van der Waals surface area contributed by atoms with Crippen molar-refractivity contribution in [3.05, 3.63) is 53.1 Å². The van der Waals surface area contributed by atoms with Crippen molar-refractivity contribution in [3.63, 3.8) is 0 Å². The van der Waals surface area contributed by atoms with Crippen molar-refractivity contribution < 1.29 is 9.47 Å². The van der Waals surface area contributed by atoms with Crippen LogP contribution in [0.5, 0.6) is 11.5 Å². The first-order valence-electron chi connectivity index (χ1n) is 7.60. The summed E-state index contributed by atoms with van der Waals surface area (Å²) < 4.78 is 12.6. The topological polar surface area (TPSA) is 61.5 Å². The van der Waals surface area contributed by atoms with E-state index < -0.39 is 0 Å². The van der Waals surface area contributed by atoms with Crippen LogP contribution in [-0.2, 0) is 0 Å². The lowest BCUT2D eigenvalue weighted by Crippen LogP contribution is -2.13. The number of rotatable bonds is 2.